The molecule has 4 fully saturated rings. The number of carbonyl (C=O) groups is 1. The molecule has 1 amide bonds. The molecule has 0 aliphatic heterocycles. The van der Waals surface area contributed by atoms with Crippen LogP contribution in [0.4, 0.5) is 17.6 Å². The summed E-state index contributed by atoms with van der Waals surface area (Å²) in [5.74, 6) is -0.807. The summed E-state index contributed by atoms with van der Waals surface area (Å²) < 4.78 is 61.3. The van der Waals surface area contributed by atoms with Crippen molar-refractivity contribution in [1.82, 2.24) is 20.3 Å². The summed E-state index contributed by atoms with van der Waals surface area (Å²) in [6, 6.07) is 3.96. The molecule has 0 saturated heterocycles. The Kier molecular flexibility index (Phi) is 4.90. The molecule has 0 unspecified atom stereocenters. The number of alkyl halides is 3. The molecule has 0 spiro atoms. The normalized spacial score (nSPS) is 30.7. The van der Waals surface area contributed by atoms with Crippen LogP contribution in [-0.2, 0) is 15.1 Å². The number of hydrogen-bond acceptors (Lipinski definition) is 5. The third-order valence-corrected chi connectivity index (χ3v) is 6.78. The molecule has 172 valence electrons. The lowest BCUT2D eigenvalue weighted by Gasteiger charge is -2.69. The molecule has 1 aromatic carbocycles. The van der Waals surface area contributed by atoms with Gasteiger partial charge in [0.2, 0.25) is 0 Å². The van der Waals surface area contributed by atoms with Gasteiger partial charge in [-0.3, -0.25) is 9.53 Å². The summed E-state index contributed by atoms with van der Waals surface area (Å²) in [6.45, 7) is -0.244. The first-order valence-electron chi connectivity index (χ1n) is 10.1. The fourth-order valence-corrected chi connectivity index (χ4v) is 5.06. The van der Waals surface area contributed by atoms with E-state index in [1.807, 2.05) is 0 Å². The molecule has 32 heavy (non-hydrogen) atoms. The molecular formula is C20H19ClF4N4O3. The molecule has 12 heteroatoms. The van der Waals surface area contributed by atoms with Crippen molar-refractivity contribution in [2.75, 3.05) is 6.61 Å². The Morgan fingerprint density at radius 3 is 2.66 bits per heavy atom. The second-order valence-electron chi connectivity index (χ2n) is 8.89. The number of benzene rings is 1. The zero-order valence-electron chi connectivity index (χ0n) is 16.7. The van der Waals surface area contributed by atoms with E-state index in [4.69, 9.17) is 16.3 Å². The lowest BCUT2D eigenvalue weighted by atomic mass is 9.44. The number of aromatic nitrogens is 3. The Bertz CT molecular complexity index is 1030. The van der Waals surface area contributed by atoms with Crippen molar-refractivity contribution in [2.45, 2.75) is 61.6 Å². The van der Waals surface area contributed by atoms with Crippen molar-refractivity contribution < 1.29 is 31.8 Å². The van der Waals surface area contributed by atoms with Crippen LogP contribution >= 0.6 is 11.6 Å². The van der Waals surface area contributed by atoms with E-state index in [0.29, 0.717) is 25.0 Å². The topological polar surface area (TPSA) is 78.3 Å². The average molecular weight is 475 g/mol. The van der Waals surface area contributed by atoms with E-state index in [9.17, 15) is 22.4 Å². The van der Waals surface area contributed by atoms with Crippen molar-refractivity contribution in [3.63, 3.8) is 0 Å². The zero-order chi connectivity index (χ0) is 22.7. The number of nitrogens with one attached hydrogen (secondary N) is 1. The molecule has 1 aromatic heterocycles. The highest BCUT2D eigenvalue weighted by molar-refractivity contribution is 6.30. The van der Waals surface area contributed by atoms with Gasteiger partial charge in [0, 0.05) is 23.7 Å². The van der Waals surface area contributed by atoms with Crippen LogP contribution in [0.3, 0.4) is 0 Å². The van der Waals surface area contributed by atoms with Gasteiger partial charge in [0.15, 0.2) is 6.61 Å². The van der Waals surface area contributed by atoms with Crippen LogP contribution in [0.1, 0.15) is 43.7 Å². The molecule has 6 rings (SSSR count). The maximum absolute atomic E-state index is 13.4. The maximum Gasteiger partial charge on any atom is 0.522 e. The second kappa shape index (κ2) is 7.31. The van der Waals surface area contributed by atoms with Gasteiger partial charge in [-0.25, -0.2) is 9.07 Å². The Labute approximate surface area is 185 Å². The van der Waals surface area contributed by atoms with Gasteiger partial charge in [-0.2, -0.15) is 0 Å². The molecule has 1 heterocycles. The van der Waals surface area contributed by atoms with Gasteiger partial charge in [0.1, 0.15) is 11.6 Å². The van der Waals surface area contributed by atoms with Gasteiger partial charge in [0.25, 0.3) is 5.91 Å². The molecule has 0 radical (unpaired) electrons. The average Bonchev–Trinajstić information content (AvgIpc) is 3.09. The predicted octanol–water partition coefficient (Wildman–Crippen LogP) is 3.68. The van der Waals surface area contributed by atoms with Crippen molar-refractivity contribution in [2.24, 2.45) is 0 Å². The number of rotatable bonds is 7. The number of nitrogens with zero attached hydrogens (tertiary/aromatic N) is 3. The van der Waals surface area contributed by atoms with E-state index in [2.05, 4.69) is 20.4 Å². The molecule has 0 atom stereocenters. The van der Waals surface area contributed by atoms with Crippen LogP contribution in [0, 0.1) is 5.82 Å². The SMILES string of the molecule is O=C(COc1ccc(Cl)c(F)c1)NC12CC(n3cc(C4CC(OC(F)(F)F)C4)nn3)(C1)C2. The first-order valence-corrected chi connectivity index (χ1v) is 10.5. The van der Waals surface area contributed by atoms with Crippen LogP contribution in [0.15, 0.2) is 24.4 Å². The van der Waals surface area contributed by atoms with Crippen molar-refractivity contribution in [1.29, 1.82) is 0 Å². The highest BCUT2D eigenvalue weighted by atomic mass is 35.5. The maximum atomic E-state index is 13.4. The van der Waals surface area contributed by atoms with E-state index < -0.39 is 18.3 Å². The Morgan fingerprint density at radius 2 is 2.00 bits per heavy atom. The Hall–Kier alpha value is -2.40. The Morgan fingerprint density at radius 1 is 1.28 bits per heavy atom. The van der Waals surface area contributed by atoms with Crippen molar-refractivity contribution >= 4 is 17.5 Å². The molecule has 2 bridgehead atoms. The van der Waals surface area contributed by atoms with Gasteiger partial charge in [0.05, 0.1) is 22.4 Å². The fourth-order valence-electron chi connectivity index (χ4n) is 4.95. The molecule has 4 aliphatic rings. The molecule has 2 aromatic rings. The lowest BCUT2D eigenvalue weighted by Crippen LogP contribution is -2.79. The highest BCUT2D eigenvalue weighted by Gasteiger charge is 2.70. The molecule has 4 saturated carbocycles. The lowest BCUT2D eigenvalue weighted by molar-refractivity contribution is -0.351. The summed E-state index contributed by atoms with van der Waals surface area (Å²) in [4.78, 5) is 12.2. The van der Waals surface area contributed by atoms with Crippen LogP contribution in [-0.4, -0.2) is 45.5 Å². The summed E-state index contributed by atoms with van der Waals surface area (Å²) in [5, 5.41) is 11.2. The standard InChI is InChI=1S/C20H19ClF4N4O3/c21-14-2-1-12(5-15(14)22)31-7-17(30)26-18-8-19(9-18,10-18)29-6-16(27-28-29)11-3-13(4-11)32-20(23,24)25/h1-2,5-6,11,13H,3-4,7-10H2,(H,26,30). The van der Waals surface area contributed by atoms with Crippen LogP contribution in [0.25, 0.3) is 0 Å². The zero-order valence-corrected chi connectivity index (χ0v) is 17.4. The summed E-state index contributed by atoms with van der Waals surface area (Å²) >= 11 is 5.62. The minimum Gasteiger partial charge on any atom is -0.484 e. The fraction of sp³-hybridized carbons (Fsp3) is 0.550. The van der Waals surface area contributed by atoms with E-state index in [1.54, 1.807) is 10.9 Å². The van der Waals surface area contributed by atoms with Crippen LogP contribution < -0.4 is 10.1 Å². The summed E-state index contributed by atoms with van der Waals surface area (Å²) in [6.07, 6.45) is -1.06. The second-order valence-corrected chi connectivity index (χ2v) is 9.30. The minimum absolute atomic E-state index is 0.0241. The number of halogens is 5. The van der Waals surface area contributed by atoms with E-state index in [1.165, 1.54) is 12.1 Å². The van der Waals surface area contributed by atoms with Gasteiger partial charge >= 0.3 is 6.36 Å². The molecule has 4 aliphatic carbocycles. The predicted molar refractivity (Wildman–Crippen MR) is 103 cm³/mol. The first kappa shape index (κ1) is 21.4. The van der Waals surface area contributed by atoms with Gasteiger partial charge < -0.3 is 10.1 Å². The Balaban J connectivity index is 1.08. The quantitative estimate of drug-likeness (QED) is 0.619. The van der Waals surface area contributed by atoms with E-state index >= 15 is 0 Å². The summed E-state index contributed by atoms with van der Waals surface area (Å²) in [7, 11) is 0. The molecule has 7 nitrogen and oxygen atoms in total. The number of amides is 1. The van der Waals surface area contributed by atoms with E-state index in [-0.39, 0.29) is 53.1 Å². The number of hydrogen-bond donors (Lipinski definition) is 1. The number of carbonyl (C=O) groups excluding carboxylic acids is 1. The van der Waals surface area contributed by atoms with Gasteiger partial charge in [-0.05, 0) is 44.2 Å². The van der Waals surface area contributed by atoms with Crippen molar-refractivity contribution in [3.05, 3.63) is 40.9 Å². The van der Waals surface area contributed by atoms with Crippen molar-refractivity contribution in [3.8, 4) is 5.75 Å². The first-order chi connectivity index (χ1) is 15.0. The van der Waals surface area contributed by atoms with Gasteiger partial charge in [-0.1, -0.05) is 16.8 Å². The van der Waals surface area contributed by atoms with Crippen LogP contribution in [0.5, 0.6) is 5.75 Å². The smallest absolute Gasteiger partial charge is 0.484 e. The third kappa shape index (κ3) is 3.92. The highest BCUT2D eigenvalue weighted by Crippen LogP contribution is 2.65. The third-order valence-electron chi connectivity index (χ3n) is 6.48. The molecular weight excluding hydrogens is 456 g/mol. The summed E-state index contributed by atoms with van der Waals surface area (Å²) in [5.41, 5.74) is 0.128. The molecule has 1 N–H and O–H groups in total. The largest absolute Gasteiger partial charge is 0.522 e. The van der Waals surface area contributed by atoms with Gasteiger partial charge in [-0.15, -0.1) is 18.3 Å². The van der Waals surface area contributed by atoms with E-state index in [0.717, 1.165) is 6.07 Å². The monoisotopic (exact) mass is 474 g/mol. The number of ether oxygens (including phenoxy) is 2. The minimum atomic E-state index is -4.62. The van der Waals surface area contributed by atoms with Crippen LogP contribution in [0.2, 0.25) is 5.02 Å².